The Balaban J connectivity index is 2.33. The van der Waals surface area contributed by atoms with Crippen molar-refractivity contribution in [2.75, 3.05) is 13.1 Å². The molecule has 2 heterocycles. The molecule has 0 radical (unpaired) electrons. The number of nitrogens with zero attached hydrogens (tertiary/aromatic N) is 2. The lowest BCUT2D eigenvalue weighted by atomic mass is 9.98. The number of aliphatic hydroxyl groups is 1. The van der Waals surface area contributed by atoms with Crippen LogP contribution in [0.1, 0.15) is 23.8 Å². The predicted molar refractivity (Wildman–Crippen MR) is 67.6 cm³/mol. The molecule has 1 aromatic rings. The molecule has 0 bridgehead atoms. The maximum absolute atomic E-state index is 12.3. The molecule has 2 rings (SSSR count). The van der Waals surface area contributed by atoms with Crippen molar-refractivity contribution < 1.29 is 23.4 Å². The molecule has 0 aliphatic carbocycles. The molecule has 0 amide bonds. The average molecular weight is 306 g/mol. The van der Waals surface area contributed by atoms with Gasteiger partial charge in [0.05, 0.1) is 11.6 Å². The Bertz CT molecular complexity index is 582. The number of β-amino-alcohol motifs (C(OH)–C–C–N with tert-alkyl or cyclic N) is 1. The zero-order chi connectivity index (χ0) is 14.2. The first-order chi connectivity index (χ1) is 8.84. The maximum Gasteiger partial charge on any atom is 0.356 e. The summed E-state index contributed by atoms with van der Waals surface area (Å²) in [6.07, 6.45) is -0.188. The van der Waals surface area contributed by atoms with Gasteiger partial charge in [-0.2, -0.15) is 4.31 Å². The monoisotopic (exact) mass is 306 g/mol. The van der Waals surface area contributed by atoms with E-state index in [0.29, 0.717) is 6.42 Å². The van der Waals surface area contributed by atoms with Crippen molar-refractivity contribution in [3.05, 3.63) is 11.2 Å². The number of sulfonamides is 1. The van der Waals surface area contributed by atoms with Gasteiger partial charge in [0.1, 0.15) is 0 Å². The van der Waals surface area contributed by atoms with Crippen molar-refractivity contribution in [1.82, 2.24) is 9.29 Å². The van der Waals surface area contributed by atoms with Gasteiger partial charge in [0, 0.05) is 13.1 Å². The van der Waals surface area contributed by atoms with Crippen LogP contribution in [0.25, 0.3) is 0 Å². The summed E-state index contributed by atoms with van der Waals surface area (Å²) in [4.78, 5) is 14.5. The Kier molecular flexibility index (Phi) is 3.90. The summed E-state index contributed by atoms with van der Waals surface area (Å²) in [7, 11) is -3.90. The SMILES string of the molecule is CC1CCN(S(=O)(=O)c2scnc2C(=O)O)CC1O. The Morgan fingerprint density at radius 1 is 1.58 bits per heavy atom. The average Bonchev–Trinajstić information content (AvgIpc) is 2.82. The normalized spacial score (nSPS) is 25.4. The topological polar surface area (TPSA) is 108 Å². The van der Waals surface area contributed by atoms with E-state index in [0.717, 1.165) is 15.6 Å². The molecular formula is C10H14N2O5S2. The van der Waals surface area contributed by atoms with Gasteiger partial charge in [-0.15, -0.1) is 11.3 Å². The summed E-state index contributed by atoms with van der Waals surface area (Å²) in [5.41, 5.74) is 0.734. The molecule has 19 heavy (non-hydrogen) atoms. The van der Waals surface area contributed by atoms with Gasteiger partial charge in [0.15, 0.2) is 9.90 Å². The first-order valence-corrected chi connectivity index (χ1v) is 8.01. The zero-order valence-corrected chi connectivity index (χ0v) is 11.8. The van der Waals surface area contributed by atoms with Gasteiger partial charge in [-0.1, -0.05) is 6.92 Å². The fourth-order valence-corrected chi connectivity index (χ4v) is 4.67. The van der Waals surface area contributed by atoms with Gasteiger partial charge in [-0.25, -0.2) is 18.2 Å². The second-order valence-electron chi connectivity index (χ2n) is 4.49. The lowest BCUT2D eigenvalue weighted by Gasteiger charge is -2.33. The van der Waals surface area contributed by atoms with Crippen molar-refractivity contribution in [3.63, 3.8) is 0 Å². The lowest BCUT2D eigenvalue weighted by Crippen LogP contribution is -2.45. The van der Waals surface area contributed by atoms with Crippen LogP contribution >= 0.6 is 11.3 Å². The lowest BCUT2D eigenvalue weighted by molar-refractivity contribution is 0.0604. The Labute approximate surface area is 114 Å². The van der Waals surface area contributed by atoms with E-state index in [2.05, 4.69) is 4.98 Å². The third kappa shape index (κ3) is 2.64. The Morgan fingerprint density at radius 3 is 2.84 bits per heavy atom. The molecule has 0 aromatic carbocycles. The first-order valence-electron chi connectivity index (χ1n) is 5.69. The van der Waals surface area contributed by atoms with Crippen LogP contribution in [-0.4, -0.2) is 53.1 Å². The minimum atomic E-state index is -3.90. The van der Waals surface area contributed by atoms with Crippen molar-refractivity contribution >= 4 is 27.3 Å². The van der Waals surface area contributed by atoms with Crippen LogP contribution in [0.4, 0.5) is 0 Å². The smallest absolute Gasteiger partial charge is 0.356 e. The number of aromatic carboxylic acids is 1. The third-order valence-electron chi connectivity index (χ3n) is 3.19. The highest BCUT2D eigenvalue weighted by Gasteiger charge is 2.36. The molecule has 0 spiro atoms. The number of aromatic nitrogens is 1. The standard InChI is InChI=1S/C10H14N2O5S2/c1-6-2-3-12(4-7(6)13)19(16,17)10-8(9(14)15)11-5-18-10/h5-7,13H,2-4H2,1H3,(H,14,15). The van der Waals surface area contributed by atoms with E-state index < -0.39 is 27.8 Å². The molecular weight excluding hydrogens is 292 g/mol. The van der Waals surface area contributed by atoms with Crippen molar-refractivity contribution in [2.24, 2.45) is 5.92 Å². The van der Waals surface area contributed by atoms with Crippen LogP contribution in [0, 0.1) is 5.92 Å². The summed E-state index contributed by atoms with van der Waals surface area (Å²) in [5, 5.41) is 18.7. The largest absolute Gasteiger partial charge is 0.476 e. The second-order valence-corrected chi connectivity index (χ2v) is 7.48. The predicted octanol–water partition coefficient (Wildman–Crippen LogP) is 0.233. The highest BCUT2D eigenvalue weighted by molar-refractivity contribution is 7.91. The highest BCUT2D eigenvalue weighted by atomic mass is 32.2. The van der Waals surface area contributed by atoms with Crippen LogP contribution in [0.2, 0.25) is 0 Å². The fourth-order valence-electron chi connectivity index (χ4n) is 1.92. The van der Waals surface area contributed by atoms with E-state index in [-0.39, 0.29) is 23.2 Å². The number of aliphatic hydroxyl groups excluding tert-OH is 1. The van der Waals surface area contributed by atoms with Gasteiger partial charge in [-0.3, -0.25) is 0 Å². The number of carboxylic acids is 1. The summed E-state index contributed by atoms with van der Waals surface area (Å²) in [5.74, 6) is -1.34. The fraction of sp³-hybridized carbons (Fsp3) is 0.600. The number of hydrogen-bond donors (Lipinski definition) is 2. The number of rotatable bonds is 3. The number of thiazole rings is 1. The number of hydrogen-bond acceptors (Lipinski definition) is 6. The van der Waals surface area contributed by atoms with E-state index in [1.807, 2.05) is 6.92 Å². The van der Waals surface area contributed by atoms with Gasteiger partial charge in [0.25, 0.3) is 10.0 Å². The third-order valence-corrected chi connectivity index (χ3v) is 6.41. The van der Waals surface area contributed by atoms with Crippen LogP contribution in [-0.2, 0) is 10.0 Å². The summed E-state index contributed by atoms with van der Waals surface area (Å²) in [6.45, 7) is 2.11. The number of carboxylic acid groups (broad SMARTS) is 1. The molecule has 1 saturated heterocycles. The summed E-state index contributed by atoms with van der Waals surface area (Å²) in [6, 6.07) is 0. The van der Waals surface area contributed by atoms with Gasteiger partial charge in [-0.05, 0) is 12.3 Å². The van der Waals surface area contributed by atoms with E-state index in [4.69, 9.17) is 5.11 Å². The quantitative estimate of drug-likeness (QED) is 0.828. The molecule has 106 valence electrons. The molecule has 2 atom stereocenters. The first kappa shape index (κ1) is 14.4. The summed E-state index contributed by atoms with van der Waals surface area (Å²) >= 11 is 0.777. The molecule has 1 fully saturated rings. The van der Waals surface area contributed by atoms with E-state index in [1.165, 1.54) is 5.51 Å². The van der Waals surface area contributed by atoms with Crippen LogP contribution in [0.3, 0.4) is 0 Å². The van der Waals surface area contributed by atoms with Crippen molar-refractivity contribution in [1.29, 1.82) is 0 Å². The molecule has 2 N–H and O–H groups in total. The second kappa shape index (κ2) is 5.16. The number of carbonyl (C=O) groups is 1. The Morgan fingerprint density at radius 2 is 2.26 bits per heavy atom. The minimum Gasteiger partial charge on any atom is -0.476 e. The van der Waals surface area contributed by atoms with Gasteiger partial charge < -0.3 is 10.2 Å². The molecule has 1 aromatic heterocycles. The van der Waals surface area contributed by atoms with E-state index in [1.54, 1.807) is 0 Å². The minimum absolute atomic E-state index is 0.0134. The molecule has 1 aliphatic rings. The zero-order valence-electron chi connectivity index (χ0n) is 10.2. The van der Waals surface area contributed by atoms with Crippen molar-refractivity contribution in [2.45, 2.75) is 23.7 Å². The molecule has 2 unspecified atom stereocenters. The molecule has 0 saturated carbocycles. The van der Waals surface area contributed by atoms with Crippen LogP contribution < -0.4 is 0 Å². The number of piperidine rings is 1. The van der Waals surface area contributed by atoms with E-state index >= 15 is 0 Å². The van der Waals surface area contributed by atoms with Crippen LogP contribution in [0.5, 0.6) is 0 Å². The van der Waals surface area contributed by atoms with Crippen molar-refractivity contribution in [3.8, 4) is 0 Å². The molecule has 7 nitrogen and oxygen atoms in total. The van der Waals surface area contributed by atoms with Gasteiger partial charge in [0.2, 0.25) is 0 Å². The van der Waals surface area contributed by atoms with Gasteiger partial charge >= 0.3 is 5.97 Å². The molecule has 9 heteroatoms. The molecule has 1 aliphatic heterocycles. The van der Waals surface area contributed by atoms with E-state index in [9.17, 15) is 18.3 Å². The van der Waals surface area contributed by atoms with Crippen LogP contribution in [0.15, 0.2) is 9.72 Å². The summed E-state index contributed by atoms with van der Waals surface area (Å²) < 4.78 is 25.5. The highest BCUT2D eigenvalue weighted by Crippen LogP contribution is 2.28. The maximum atomic E-state index is 12.3. The Hall–Kier alpha value is -1.03.